The van der Waals surface area contributed by atoms with Crippen molar-refractivity contribution in [1.29, 1.82) is 0 Å². The molecule has 4 amide bonds. The van der Waals surface area contributed by atoms with E-state index in [-0.39, 0.29) is 24.8 Å². The average molecular weight is 595 g/mol. The van der Waals surface area contributed by atoms with Crippen molar-refractivity contribution in [3.63, 3.8) is 0 Å². The number of ether oxygens (including phenoxy) is 2. The van der Waals surface area contributed by atoms with Crippen molar-refractivity contribution in [1.82, 2.24) is 15.2 Å². The summed E-state index contributed by atoms with van der Waals surface area (Å²) >= 11 is 0. The molecule has 3 atom stereocenters. The second kappa shape index (κ2) is 13.4. The average Bonchev–Trinajstić information content (AvgIpc) is 2.96. The number of rotatable bonds is 9. The number of likely N-dealkylation sites (tertiary alicyclic amines) is 1. The molecule has 0 bridgehead atoms. The van der Waals surface area contributed by atoms with E-state index < -0.39 is 41.6 Å². The quantitative estimate of drug-likeness (QED) is 0.380. The third-order valence-electron chi connectivity index (χ3n) is 8.05. The molecule has 232 valence electrons. The van der Waals surface area contributed by atoms with Crippen LogP contribution in [0.15, 0.2) is 42.6 Å². The van der Waals surface area contributed by atoms with Crippen molar-refractivity contribution in [3.8, 4) is 5.75 Å². The molecule has 2 aromatic rings. The fraction of sp³-hybridized carbons (Fsp3) is 0.531. The summed E-state index contributed by atoms with van der Waals surface area (Å²) in [5.74, 6) is -1.43. The van der Waals surface area contributed by atoms with E-state index in [2.05, 4.69) is 10.3 Å². The van der Waals surface area contributed by atoms with Crippen molar-refractivity contribution >= 4 is 29.8 Å². The highest BCUT2D eigenvalue weighted by Gasteiger charge is 2.55. The highest BCUT2D eigenvalue weighted by Crippen LogP contribution is 2.33. The first-order chi connectivity index (χ1) is 20.4. The van der Waals surface area contributed by atoms with Crippen LogP contribution in [-0.4, -0.2) is 63.8 Å². The van der Waals surface area contributed by atoms with Crippen LogP contribution in [-0.2, 0) is 27.3 Å². The van der Waals surface area contributed by atoms with Gasteiger partial charge in [-0.15, -0.1) is 0 Å². The maximum Gasteiger partial charge on any atom is 0.416 e. The Kier molecular flexibility index (Phi) is 9.93. The molecule has 1 unspecified atom stereocenters. The number of carbonyl (C=O) groups is 4. The molecule has 1 aliphatic carbocycles. The molecule has 1 saturated heterocycles. The number of hydrogen-bond acceptors (Lipinski definition) is 7. The van der Waals surface area contributed by atoms with Gasteiger partial charge >= 0.3 is 18.1 Å². The lowest BCUT2D eigenvalue weighted by molar-refractivity contribution is -0.165. The number of hydrogen-bond donors (Lipinski definition) is 2. The highest BCUT2D eigenvalue weighted by atomic mass is 16.6. The molecule has 43 heavy (non-hydrogen) atoms. The number of carboxylic acids is 1. The van der Waals surface area contributed by atoms with Crippen molar-refractivity contribution in [2.45, 2.75) is 90.4 Å². The van der Waals surface area contributed by atoms with Gasteiger partial charge in [0.25, 0.3) is 0 Å². The third kappa shape index (κ3) is 7.82. The van der Waals surface area contributed by atoms with Crippen LogP contribution in [0.5, 0.6) is 5.75 Å². The molecule has 1 aromatic heterocycles. The smallest absolute Gasteiger partial charge is 0.416 e. The lowest BCUT2D eigenvalue weighted by atomic mass is 9.82. The number of aliphatic carboxylic acids is 1. The zero-order valence-corrected chi connectivity index (χ0v) is 25.5. The monoisotopic (exact) mass is 594 g/mol. The summed E-state index contributed by atoms with van der Waals surface area (Å²) in [6.45, 7) is 7.37. The van der Waals surface area contributed by atoms with Gasteiger partial charge in [0.1, 0.15) is 17.2 Å². The van der Waals surface area contributed by atoms with E-state index in [4.69, 9.17) is 9.47 Å². The number of methoxy groups -OCH3 is 1. The molecule has 11 heteroatoms. The summed E-state index contributed by atoms with van der Waals surface area (Å²) in [4.78, 5) is 58.2. The van der Waals surface area contributed by atoms with Crippen molar-refractivity contribution in [2.75, 3.05) is 12.0 Å². The Labute approximate surface area is 252 Å². The number of aromatic nitrogens is 1. The maximum atomic E-state index is 13.3. The van der Waals surface area contributed by atoms with Gasteiger partial charge < -0.3 is 19.9 Å². The molecule has 0 spiro atoms. The minimum absolute atomic E-state index is 0.0674. The predicted octanol–water partition coefficient (Wildman–Crippen LogP) is 5.16. The number of urea groups is 1. The summed E-state index contributed by atoms with van der Waals surface area (Å²) < 4.78 is 10.9. The van der Waals surface area contributed by atoms with Crippen LogP contribution >= 0.6 is 0 Å². The Morgan fingerprint density at radius 3 is 2.37 bits per heavy atom. The van der Waals surface area contributed by atoms with Gasteiger partial charge in [-0.2, -0.15) is 0 Å². The Morgan fingerprint density at radius 1 is 1.09 bits per heavy atom. The van der Waals surface area contributed by atoms with E-state index in [1.165, 1.54) is 17.5 Å². The zero-order chi connectivity index (χ0) is 31.3. The molecular formula is C32H42N4O7. The summed E-state index contributed by atoms with van der Waals surface area (Å²) in [7, 11) is 1.57. The maximum absolute atomic E-state index is 13.3. The van der Waals surface area contributed by atoms with Gasteiger partial charge in [0, 0.05) is 12.2 Å². The molecule has 1 aliphatic heterocycles. The molecule has 2 heterocycles. The first kappa shape index (κ1) is 31.8. The van der Waals surface area contributed by atoms with Crippen molar-refractivity contribution in [3.05, 3.63) is 53.7 Å². The van der Waals surface area contributed by atoms with Gasteiger partial charge in [0.15, 0.2) is 6.04 Å². The summed E-state index contributed by atoms with van der Waals surface area (Å²) in [6, 6.07) is 8.45. The lowest BCUT2D eigenvalue weighted by Crippen LogP contribution is -2.69. The lowest BCUT2D eigenvalue weighted by Gasteiger charge is -2.43. The number of β-lactam (4-membered cyclic amide) rings is 1. The Morgan fingerprint density at radius 2 is 1.77 bits per heavy atom. The SMILES string of the molecule is COc1ccc(CN(C(=O)OC(C)(C)C)c2cc(C[C@H]3C(=O)N(C(=O)NC(C)C4CCCCC4)[C@@H]3C(=O)O)ccn2)cc1. The van der Waals surface area contributed by atoms with Crippen LogP contribution in [0.25, 0.3) is 0 Å². The molecule has 1 saturated carbocycles. The number of amides is 4. The van der Waals surface area contributed by atoms with Gasteiger partial charge in [-0.3, -0.25) is 9.69 Å². The number of nitrogens with one attached hydrogen (secondary N) is 1. The number of imide groups is 1. The van der Waals surface area contributed by atoms with Gasteiger partial charge in [-0.05, 0) is 88.3 Å². The van der Waals surface area contributed by atoms with Crippen LogP contribution in [0.3, 0.4) is 0 Å². The standard InChI is InChI=1S/C32H42N4O7/c1-20(23-9-7-6-8-10-23)34-30(40)36-27(29(38)39)25(28(36)37)17-22-15-16-33-26(18-22)35(31(41)43-32(2,3)4)19-21-11-13-24(42-5)14-12-21/h11-16,18,20,23,25,27H,6-10,17,19H2,1-5H3,(H,34,40)(H,38,39)/t20?,25-,27+/m1/s1. The minimum Gasteiger partial charge on any atom is -0.497 e. The van der Waals surface area contributed by atoms with Gasteiger partial charge in [-0.25, -0.2) is 24.3 Å². The van der Waals surface area contributed by atoms with Crippen LogP contribution < -0.4 is 15.0 Å². The number of benzene rings is 1. The molecule has 4 rings (SSSR count). The van der Waals surface area contributed by atoms with Crippen LogP contribution in [0, 0.1) is 11.8 Å². The molecular weight excluding hydrogens is 552 g/mol. The first-order valence-corrected chi connectivity index (χ1v) is 14.8. The van der Waals surface area contributed by atoms with E-state index in [9.17, 15) is 24.3 Å². The molecule has 0 radical (unpaired) electrons. The summed E-state index contributed by atoms with van der Waals surface area (Å²) in [5.41, 5.74) is 0.662. The summed E-state index contributed by atoms with van der Waals surface area (Å²) in [6.07, 6.45) is 6.36. The van der Waals surface area contributed by atoms with Crippen LogP contribution in [0.1, 0.15) is 70.9 Å². The van der Waals surface area contributed by atoms with E-state index in [1.807, 2.05) is 19.1 Å². The number of carboxylic acid groups (broad SMARTS) is 1. The predicted molar refractivity (Wildman–Crippen MR) is 160 cm³/mol. The van der Waals surface area contributed by atoms with Crippen LogP contribution in [0.4, 0.5) is 15.4 Å². The fourth-order valence-corrected chi connectivity index (χ4v) is 5.73. The largest absolute Gasteiger partial charge is 0.497 e. The van der Waals surface area contributed by atoms with Gasteiger partial charge in [0.2, 0.25) is 5.91 Å². The van der Waals surface area contributed by atoms with Crippen molar-refractivity contribution in [2.24, 2.45) is 11.8 Å². The highest BCUT2D eigenvalue weighted by molar-refractivity contribution is 6.07. The van der Waals surface area contributed by atoms with E-state index in [1.54, 1.807) is 52.1 Å². The fourth-order valence-electron chi connectivity index (χ4n) is 5.73. The van der Waals surface area contributed by atoms with E-state index >= 15 is 0 Å². The van der Waals surface area contributed by atoms with E-state index in [0.29, 0.717) is 17.2 Å². The number of anilines is 1. The Balaban J connectivity index is 1.50. The molecule has 2 fully saturated rings. The number of nitrogens with zero attached hydrogens (tertiary/aromatic N) is 3. The zero-order valence-electron chi connectivity index (χ0n) is 25.5. The Bertz CT molecular complexity index is 1320. The van der Waals surface area contributed by atoms with Crippen molar-refractivity contribution < 1.29 is 33.8 Å². The molecule has 11 nitrogen and oxygen atoms in total. The Hall–Kier alpha value is -4.15. The normalized spacial score (nSPS) is 19.7. The van der Waals surface area contributed by atoms with Crippen LogP contribution in [0.2, 0.25) is 0 Å². The first-order valence-electron chi connectivity index (χ1n) is 14.8. The molecule has 2 N–H and O–H groups in total. The molecule has 1 aromatic carbocycles. The van der Waals surface area contributed by atoms with E-state index in [0.717, 1.165) is 36.1 Å². The minimum atomic E-state index is -1.29. The van der Waals surface area contributed by atoms with Gasteiger partial charge in [-0.1, -0.05) is 31.4 Å². The number of pyridine rings is 1. The molecule has 2 aliphatic rings. The number of carbonyl (C=O) groups excluding carboxylic acids is 3. The summed E-state index contributed by atoms with van der Waals surface area (Å²) in [5, 5.41) is 12.8. The van der Waals surface area contributed by atoms with Gasteiger partial charge in [0.05, 0.1) is 19.6 Å². The third-order valence-corrected chi connectivity index (χ3v) is 8.05. The topological polar surface area (TPSA) is 138 Å². The second-order valence-corrected chi connectivity index (χ2v) is 12.4. The second-order valence-electron chi connectivity index (χ2n) is 12.4.